The summed E-state index contributed by atoms with van der Waals surface area (Å²) in [7, 11) is 2.09. The zero-order chi connectivity index (χ0) is 26.0. The second kappa shape index (κ2) is 7.67. The van der Waals surface area contributed by atoms with Crippen molar-refractivity contribution in [2.24, 2.45) is 7.05 Å². The Kier molecular flexibility index (Phi) is 4.10. The zero-order valence-electron chi connectivity index (χ0n) is 23.4. The molecule has 1 heteroatoms. The summed E-state index contributed by atoms with van der Waals surface area (Å²) >= 11 is 0. The Labute approximate surface area is 208 Å². The van der Waals surface area contributed by atoms with Crippen molar-refractivity contribution in [3.05, 3.63) is 113 Å². The van der Waals surface area contributed by atoms with Crippen molar-refractivity contribution in [1.29, 1.82) is 0 Å². The van der Waals surface area contributed by atoms with Gasteiger partial charge in [-0.05, 0) is 70.8 Å². The van der Waals surface area contributed by atoms with Gasteiger partial charge in [0.25, 0.3) is 0 Å². The molecule has 0 saturated heterocycles. The van der Waals surface area contributed by atoms with Crippen LogP contribution < -0.4 is 4.57 Å². The highest BCUT2D eigenvalue weighted by molar-refractivity contribution is 5.73. The number of hydrogen-bond acceptors (Lipinski definition) is 0. The van der Waals surface area contributed by atoms with Crippen LogP contribution in [0.15, 0.2) is 85.1 Å². The highest BCUT2D eigenvalue weighted by atomic mass is 14.9. The first kappa shape index (κ1) is 18.2. The molecule has 1 atom stereocenters. The largest absolute Gasteiger partial charge is 0.213 e. The molecule has 1 unspecified atom stereocenters. The van der Waals surface area contributed by atoms with Gasteiger partial charge in [-0.15, -0.1) is 0 Å². The number of benzene rings is 3. The third-order valence-corrected chi connectivity index (χ3v) is 8.42. The van der Waals surface area contributed by atoms with Gasteiger partial charge in [-0.3, -0.25) is 0 Å². The van der Waals surface area contributed by atoms with E-state index in [1.54, 1.807) is 0 Å². The number of hydrogen-bond donors (Lipinski definition) is 0. The Hall–Kier alpha value is -3.19. The van der Waals surface area contributed by atoms with E-state index >= 15 is 0 Å². The Bertz CT molecular complexity index is 1510. The third kappa shape index (κ3) is 3.03. The number of aromatic nitrogens is 1. The Morgan fingerprint density at radius 2 is 1.44 bits per heavy atom. The van der Waals surface area contributed by atoms with E-state index in [-0.39, 0.29) is 5.41 Å². The molecule has 34 heavy (non-hydrogen) atoms. The smallest absolute Gasteiger partial charge is 0.201 e. The number of pyridine rings is 1. The lowest BCUT2D eigenvalue weighted by molar-refractivity contribution is -0.660. The fourth-order valence-electron chi connectivity index (χ4n) is 6.58. The normalized spacial score (nSPS) is 21.9. The second-order valence-corrected chi connectivity index (χ2v) is 10.4. The molecule has 1 fully saturated rings. The molecular formula is C33H34N+. The van der Waals surface area contributed by atoms with Gasteiger partial charge >= 0.3 is 0 Å². The quantitative estimate of drug-likeness (QED) is 0.278. The number of fused-ring (bicyclic) bond motifs is 4. The Morgan fingerprint density at radius 1 is 0.765 bits per heavy atom. The van der Waals surface area contributed by atoms with Gasteiger partial charge in [-0.25, -0.2) is 4.57 Å². The molecule has 1 nitrogen and oxygen atoms in total. The van der Waals surface area contributed by atoms with Crippen LogP contribution in [0, 0.1) is 6.92 Å². The Morgan fingerprint density at radius 3 is 2.21 bits per heavy atom. The molecule has 4 aromatic rings. The van der Waals surface area contributed by atoms with Crippen molar-refractivity contribution < 1.29 is 8.68 Å². The van der Waals surface area contributed by atoms with E-state index in [0.717, 1.165) is 35.1 Å². The van der Waals surface area contributed by atoms with Crippen molar-refractivity contribution in [3.8, 4) is 22.4 Å². The predicted molar refractivity (Wildman–Crippen MR) is 141 cm³/mol. The first-order chi connectivity index (χ1) is 17.7. The summed E-state index contributed by atoms with van der Waals surface area (Å²) in [5.74, 6) is 0. The number of aryl methyl sites for hydroxylation is 2. The van der Waals surface area contributed by atoms with Crippen LogP contribution >= 0.6 is 0 Å². The highest BCUT2D eigenvalue weighted by Gasteiger charge is 2.47. The van der Waals surface area contributed by atoms with Crippen LogP contribution in [0.5, 0.6) is 0 Å². The topological polar surface area (TPSA) is 3.88 Å². The average Bonchev–Trinajstić information content (AvgIpc) is 3.38. The zero-order valence-corrected chi connectivity index (χ0v) is 20.4. The van der Waals surface area contributed by atoms with Gasteiger partial charge in [0.05, 0.1) is 0 Å². The molecule has 170 valence electrons. The minimum Gasteiger partial charge on any atom is -0.201 e. The van der Waals surface area contributed by atoms with Crippen molar-refractivity contribution in [3.63, 3.8) is 0 Å². The number of nitrogens with zero attached hydrogens (tertiary/aromatic N) is 1. The van der Waals surface area contributed by atoms with E-state index in [2.05, 4.69) is 97.5 Å². The lowest BCUT2D eigenvalue weighted by atomic mass is 9.57. The van der Waals surface area contributed by atoms with Crippen LogP contribution in [0.3, 0.4) is 0 Å². The van der Waals surface area contributed by atoms with Crippen molar-refractivity contribution in [2.75, 3.05) is 0 Å². The van der Waals surface area contributed by atoms with Crippen LogP contribution in [-0.2, 0) is 17.9 Å². The monoisotopic (exact) mass is 447 g/mol. The van der Waals surface area contributed by atoms with Crippen LogP contribution in [0.2, 0.25) is 0 Å². The van der Waals surface area contributed by atoms with Crippen LogP contribution in [0.4, 0.5) is 0 Å². The van der Waals surface area contributed by atoms with Gasteiger partial charge < -0.3 is 0 Å². The second-order valence-electron chi connectivity index (χ2n) is 10.4. The van der Waals surface area contributed by atoms with Gasteiger partial charge in [0.15, 0.2) is 6.20 Å². The lowest BCUT2D eigenvalue weighted by Crippen LogP contribution is -2.38. The van der Waals surface area contributed by atoms with Crippen molar-refractivity contribution in [2.45, 2.75) is 57.2 Å². The summed E-state index contributed by atoms with van der Waals surface area (Å²) < 4.78 is 28.1. The maximum absolute atomic E-state index is 8.66. The van der Waals surface area contributed by atoms with Gasteiger partial charge in [0, 0.05) is 32.6 Å². The van der Waals surface area contributed by atoms with Crippen molar-refractivity contribution in [1.82, 2.24) is 0 Å². The molecule has 1 spiro atoms. The highest BCUT2D eigenvalue weighted by Crippen LogP contribution is 2.56. The van der Waals surface area contributed by atoms with Gasteiger partial charge in [-0.1, -0.05) is 81.2 Å². The Balaban J connectivity index is 1.59. The van der Waals surface area contributed by atoms with Crippen molar-refractivity contribution >= 4 is 0 Å². The molecule has 0 amide bonds. The van der Waals surface area contributed by atoms with Gasteiger partial charge in [0.1, 0.15) is 7.05 Å². The third-order valence-electron chi connectivity index (χ3n) is 8.42. The molecule has 2 aliphatic rings. The van der Waals surface area contributed by atoms with Crippen LogP contribution in [0.1, 0.15) is 71.4 Å². The molecule has 1 saturated carbocycles. The number of rotatable bonds is 2. The maximum Gasteiger partial charge on any atom is 0.213 e. The molecule has 2 aliphatic carbocycles. The molecule has 1 aromatic heterocycles. The minimum atomic E-state index is -2.15. The van der Waals surface area contributed by atoms with E-state index in [0.29, 0.717) is 0 Å². The minimum absolute atomic E-state index is 0.120. The molecule has 0 radical (unpaired) electrons. The van der Waals surface area contributed by atoms with E-state index in [4.69, 9.17) is 4.11 Å². The average molecular weight is 448 g/mol. The summed E-state index contributed by atoms with van der Waals surface area (Å²) in [6.07, 6.45) is 6.59. The van der Waals surface area contributed by atoms with Crippen LogP contribution in [-0.4, -0.2) is 0 Å². The fraction of sp³-hybridized carbons (Fsp3) is 0.303. The summed E-state index contributed by atoms with van der Waals surface area (Å²) in [4.78, 5) is 0. The molecule has 3 aromatic carbocycles. The molecule has 0 bridgehead atoms. The van der Waals surface area contributed by atoms with E-state index in [9.17, 15) is 0 Å². The summed E-state index contributed by atoms with van der Waals surface area (Å²) in [5, 5.41) is 0. The summed E-state index contributed by atoms with van der Waals surface area (Å²) in [5.41, 5.74) is 9.16. The van der Waals surface area contributed by atoms with Gasteiger partial charge in [-0.2, -0.15) is 0 Å². The molecule has 1 heterocycles. The van der Waals surface area contributed by atoms with E-state index in [1.165, 1.54) is 40.8 Å². The molecular weight excluding hydrogens is 410 g/mol. The first-order valence-electron chi connectivity index (χ1n) is 14.0. The fourth-order valence-corrected chi connectivity index (χ4v) is 6.58. The molecule has 0 aliphatic heterocycles. The van der Waals surface area contributed by atoms with Crippen LogP contribution in [0.25, 0.3) is 22.4 Å². The summed E-state index contributed by atoms with van der Waals surface area (Å²) in [6, 6.07) is 27.8. The first-order valence-corrected chi connectivity index (χ1v) is 12.5. The summed E-state index contributed by atoms with van der Waals surface area (Å²) in [6.45, 7) is 1.92. The van der Waals surface area contributed by atoms with E-state index in [1.807, 2.05) is 13.0 Å². The standard InChI is InChI=1S/C33H34N/c1-23-11-5-6-12-26(23)31-22-25(17-20-34(31)4)24-15-16-28-30(21-24)33(18-9-10-19-33)29-14-8-7-13-27(29)32(28,2)3/h5-8,11-17,20-22H,9-10,18-19H2,1-4H3/q+1/i2D3. The lowest BCUT2D eigenvalue weighted by Gasteiger charge is -2.46. The van der Waals surface area contributed by atoms with Gasteiger partial charge in [0.2, 0.25) is 5.69 Å². The maximum atomic E-state index is 8.66. The SMILES string of the molecule is [2H]C([2H])([2H])C1(C)c2ccccc2C2(CCCC2)c2cc(-c3cc[n+](C)c(-c4ccccc4C)c3)ccc21. The predicted octanol–water partition coefficient (Wildman–Crippen LogP) is 7.65. The molecule has 0 N–H and O–H groups in total. The molecule has 6 rings (SSSR count). The van der Waals surface area contributed by atoms with E-state index < -0.39 is 12.3 Å².